The van der Waals surface area contributed by atoms with Crippen molar-refractivity contribution in [1.29, 1.82) is 0 Å². The van der Waals surface area contributed by atoms with E-state index < -0.39 is 10.0 Å². The summed E-state index contributed by atoms with van der Waals surface area (Å²) in [6, 6.07) is 0. The largest absolute Gasteiger partial charge is 0.212 e. The summed E-state index contributed by atoms with van der Waals surface area (Å²) in [6.07, 6.45) is 1.79. The first-order valence-electron chi connectivity index (χ1n) is 5.30. The van der Waals surface area contributed by atoms with Crippen LogP contribution in [0.2, 0.25) is 0 Å². The minimum Gasteiger partial charge on any atom is -0.212 e. The normalized spacial score (nSPS) is 15.3. The highest BCUT2D eigenvalue weighted by atomic mass is 35.5. The van der Waals surface area contributed by atoms with Crippen molar-refractivity contribution in [3.05, 3.63) is 0 Å². The van der Waals surface area contributed by atoms with Gasteiger partial charge in [0.15, 0.2) is 0 Å². The van der Waals surface area contributed by atoms with Crippen molar-refractivity contribution in [2.75, 3.05) is 11.6 Å². The van der Waals surface area contributed by atoms with Gasteiger partial charge in [-0.05, 0) is 26.2 Å². The van der Waals surface area contributed by atoms with Crippen LogP contribution in [-0.2, 0) is 10.0 Å². The molecule has 1 N–H and O–H groups in total. The van der Waals surface area contributed by atoms with E-state index in [1.165, 1.54) is 0 Å². The second-order valence-electron chi connectivity index (χ2n) is 4.78. The minimum absolute atomic E-state index is 0.0124. The smallest absolute Gasteiger partial charge is 0.212 e. The van der Waals surface area contributed by atoms with Crippen LogP contribution < -0.4 is 4.72 Å². The van der Waals surface area contributed by atoms with Gasteiger partial charge >= 0.3 is 0 Å². The van der Waals surface area contributed by atoms with E-state index in [-0.39, 0.29) is 17.2 Å². The van der Waals surface area contributed by atoms with E-state index in [0.717, 1.165) is 12.8 Å². The first-order chi connectivity index (χ1) is 6.72. The van der Waals surface area contributed by atoms with Crippen molar-refractivity contribution in [1.82, 2.24) is 4.72 Å². The maximum absolute atomic E-state index is 11.7. The van der Waals surface area contributed by atoms with Gasteiger partial charge in [0.2, 0.25) is 10.0 Å². The Morgan fingerprint density at radius 3 is 2.33 bits per heavy atom. The van der Waals surface area contributed by atoms with Gasteiger partial charge in [-0.3, -0.25) is 0 Å². The lowest BCUT2D eigenvalue weighted by atomic mass is 10.0. The molecule has 0 aliphatic heterocycles. The van der Waals surface area contributed by atoms with Gasteiger partial charge in [0.25, 0.3) is 0 Å². The highest BCUT2D eigenvalue weighted by molar-refractivity contribution is 7.89. The third kappa shape index (κ3) is 7.14. The van der Waals surface area contributed by atoms with E-state index in [1.54, 1.807) is 0 Å². The number of sulfonamides is 1. The van der Waals surface area contributed by atoms with Crippen LogP contribution in [0, 0.1) is 5.92 Å². The van der Waals surface area contributed by atoms with E-state index in [1.807, 2.05) is 27.7 Å². The third-order valence-electron chi connectivity index (χ3n) is 2.07. The van der Waals surface area contributed by atoms with E-state index >= 15 is 0 Å². The molecule has 0 aromatic rings. The van der Waals surface area contributed by atoms with E-state index in [9.17, 15) is 8.42 Å². The minimum atomic E-state index is -3.21. The maximum Gasteiger partial charge on any atom is 0.212 e. The van der Waals surface area contributed by atoms with Crippen molar-refractivity contribution >= 4 is 21.6 Å². The summed E-state index contributed by atoms with van der Waals surface area (Å²) in [5.74, 6) is 0.459. The average Bonchev–Trinajstić information content (AvgIpc) is 2.00. The molecule has 0 radical (unpaired) electrons. The number of hydrogen-bond donors (Lipinski definition) is 1. The van der Waals surface area contributed by atoms with Crippen LogP contribution in [0.1, 0.15) is 40.5 Å². The fourth-order valence-corrected chi connectivity index (χ4v) is 3.69. The van der Waals surface area contributed by atoms with Gasteiger partial charge in [0.1, 0.15) is 0 Å². The number of alkyl halides is 1. The Morgan fingerprint density at radius 1 is 1.40 bits per heavy atom. The monoisotopic (exact) mass is 255 g/mol. The highest BCUT2D eigenvalue weighted by Gasteiger charge is 2.24. The Morgan fingerprint density at radius 2 is 1.93 bits per heavy atom. The van der Waals surface area contributed by atoms with Crippen molar-refractivity contribution in [3.63, 3.8) is 0 Å². The molecule has 0 fully saturated rings. The fraction of sp³-hybridized carbons (Fsp3) is 1.00. The second kappa shape index (κ2) is 6.06. The van der Waals surface area contributed by atoms with Crippen molar-refractivity contribution in [3.8, 4) is 0 Å². The lowest BCUT2D eigenvalue weighted by molar-refractivity contribution is 0.416. The molecular formula is C10H22ClNO2S. The van der Waals surface area contributed by atoms with Crippen molar-refractivity contribution < 1.29 is 8.42 Å². The van der Waals surface area contributed by atoms with E-state index in [2.05, 4.69) is 4.72 Å². The summed E-state index contributed by atoms with van der Waals surface area (Å²) < 4.78 is 26.2. The zero-order valence-corrected chi connectivity index (χ0v) is 11.6. The van der Waals surface area contributed by atoms with Gasteiger partial charge in [-0.1, -0.05) is 20.3 Å². The zero-order valence-electron chi connectivity index (χ0n) is 10.0. The lowest BCUT2D eigenvalue weighted by Gasteiger charge is -2.26. The van der Waals surface area contributed by atoms with Crippen LogP contribution in [0.4, 0.5) is 0 Å². The third-order valence-corrected chi connectivity index (χ3v) is 4.47. The molecule has 0 bridgehead atoms. The molecule has 15 heavy (non-hydrogen) atoms. The number of nitrogens with one attached hydrogen (secondary N) is 1. The van der Waals surface area contributed by atoms with Gasteiger partial charge in [0, 0.05) is 11.4 Å². The summed E-state index contributed by atoms with van der Waals surface area (Å²) in [4.78, 5) is 0. The highest BCUT2D eigenvalue weighted by Crippen LogP contribution is 2.13. The second-order valence-corrected chi connectivity index (χ2v) is 6.85. The Labute approximate surface area is 98.6 Å². The summed E-state index contributed by atoms with van der Waals surface area (Å²) in [5.41, 5.74) is -0.361. The molecule has 1 atom stereocenters. The van der Waals surface area contributed by atoms with Crippen LogP contribution in [0.25, 0.3) is 0 Å². The lowest BCUT2D eigenvalue weighted by Crippen LogP contribution is -2.45. The average molecular weight is 256 g/mol. The number of hydrogen-bond acceptors (Lipinski definition) is 2. The Hall–Kier alpha value is 0.200. The van der Waals surface area contributed by atoms with Gasteiger partial charge in [-0.15, -0.1) is 11.6 Å². The maximum atomic E-state index is 11.7. The summed E-state index contributed by atoms with van der Waals surface area (Å²) in [7, 11) is -3.21. The first kappa shape index (κ1) is 15.2. The SMILES string of the molecule is CCCC(C)(C)NS(=O)(=O)CC(C)CCl. The van der Waals surface area contributed by atoms with Gasteiger partial charge in [-0.2, -0.15) is 0 Å². The molecule has 92 valence electrons. The van der Waals surface area contributed by atoms with Crippen molar-refractivity contribution in [2.45, 2.75) is 46.1 Å². The van der Waals surface area contributed by atoms with E-state index in [4.69, 9.17) is 11.6 Å². The molecule has 0 saturated heterocycles. The van der Waals surface area contributed by atoms with Gasteiger partial charge in [-0.25, -0.2) is 13.1 Å². The number of halogens is 1. The van der Waals surface area contributed by atoms with Crippen LogP contribution >= 0.6 is 11.6 Å². The molecule has 5 heteroatoms. The van der Waals surface area contributed by atoms with Crippen molar-refractivity contribution in [2.24, 2.45) is 5.92 Å². The molecule has 0 heterocycles. The predicted molar refractivity (Wildman–Crippen MR) is 65.8 cm³/mol. The van der Waals surface area contributed by atoms with Crippen LogP contribution in [0.3, 0.4) is 0 Å². The summed E-state index contributed by atoms with van der Waals surface area (Å²) in [6.45, 7) is 7.68. The summed E-state index contributed by atoms with van der Waals surface area (Å²) in [5, 5.41) is 0. The standard InChI is InChI=1S/C10H22ClNO2S/c1-5-6-10(3,4)12-15(13,14)8-9(2)7-11/h9,12H,5-8H2,1-4H3. The number of rotatable bonds is 7. The molecular weight excluding hydrogens is 234 g/mol. The predicted octanol–water partition coefficient (Wildman–Crippen LogP) is 2.36. The molecule has 3 nitrogen and oxygen atoms in total. The summed E-state index contributed by atoms with van der Waals surface area (Å²) >= 11 is 5.60. The Kier molecular flexibility index (Phi) is 6.14. The quantitative estimate of drug-likeness (QED) is 0.710. The molecule has 0 aliphatic carbocycles. The van der Waals surface area contributed by atoms with Crippen LogP contribution in [0.15, 0.2) is 0 Å². The topological polar surface area (TPSA) is 46.2 Å². The van der Waals surface area contributed by atoms with Gasteiger partial charge in [0.05, 0.1) is 5.75 Å². The molecule has 0 saturated carbocycles. The molecule has 1 unspecified atom stereocenters. The molecule has 0 amide bonds. The molecule has 0 rings (SSSR count). The zero-order chi connectivity index (χ0) is 12.1. The van der Waals surface area contributed by atoms with Crippen LogP contribution in [0.5, 0.6) is 0 Å². The van der Waals surface area contributed by atoms with Crippen LogP contribution in [-0.4, -0.2) is 25.6 Å². The first-order valence-corrected chi connectivity index (χ1v) is 7.48. The van der Waals surface area contributed by atoms with E-state index in [0.29, 0.717) is 5.88 Å². The molecule has 0 aromatic carbocycles. The molecule has 0 aliphatic rings. The fourth-order valence-electron chi connectivity index (χ4n) is 1.56. The van der Waals surface area contributed by atoms with Gasteiger partial charge < -0.3 is 0 Å². The Balaban J connectivity index is 4.37. The molecule has 0 aromatic heterocycles. The Bertz CT molecular complexity index is 275. The molecule has 0 spiro atoms.